The highest BCUT2D eigenvalue weighted by atomic mass is 16.3. The smallest absolute Gasteiger partial charge is 0.0767 e. The SMILES string of the molecule is CCCC(C)(N)C(C)(C)O. The second kappa shape index (κ2) is 2.89. The normalized spacial score (nSPS) is 18.6. The predicted molar refractivity (Wildman–Crippen MR) is 43.8 cm³/mol. The van der Waals surface area contributed by atoms with Crippen LogP contribution < -0.4 is 5.73 Å². The van der Waals surface area contributed by atoms with Crippen LogP contribution in [0.3, 0.4) is 0 Å². The van der Waals surface area contributed by atoms with Crippen LogP contribution in [0.5, 0.6) is 0 Å². The first-order valence-corrected chi connectivity index (χ1v) is 3.82. The van der Waals surface area contributed by atoms with Crippen molar-refractivity contribution >= 4 is 0 Å². The van der Waals surface area contributed by atoms with Gasteiger partial charge in [-0.15, -0.1) is 0 Å². The van der Waals surface area contributed by atoms with Gasteiger partial charge >= 0.3 is 0 Å². The zero-order valence-electron chi connectivity index (χ0n) is 7.44. The van der Waals surface area contributed by atoms with Crippen molar-refractivity contribution in [1.82, 2.24) is 0 Å². The second-order valence-corrected chi connectivity index (χ2v) is 3.73. The third-order valence-corrected chi connectivity index (χ3v) is 2.17. The van der Waals surface area contributed by atoms with Crippen LogP contribution in [-0.4, -0.2) is 16.2 Å². The van der Waals surface area contributed by atoms with E-state index in [9.17, 15) is 5.11 Å². The van der Waals surface area contributed by atoms with E-state index in [0.29, 0.717) is 0 Å². The first kappa shape index (κ1) is 9.92. The highest BCUT2D eigenvalue weighted by Gasteiger charge is 2.34. The van der Waals surface area contributed by atoms with Gasteiger partial charge in [0.25, 0.3) is 0 Å². The monoisotopic (exact) mass is 145 g/mol. The van der Waals surface area contributed by atoms with Gasteiger partial charge in [-0.25, -0.2) is 0 Å². The summed E-state index contributed by atoms with van der Waals surface area (Å²) in [4.78, 5) is 0. The van der Waals surface area contributed by atoms with Gasteiger partial charge in [0, 0.05) is 5.54 Å². The maximum Gasteiger partial charge on any atom is 0.0767 e. The van der Waals surface area contributed by atoms with Gasteiger partial charge in [-0.05, 0) is 27.2 Å². The summed E-state index contributed by atoms with van der Waals surface area (Å²) in [6.45, 7) is 7.46. The van der Waals surface area contributed by atoms with Crippen LogP contribution in [0, 0.1) is 0 Å². The molecule has 0 bridgehead atoms. The van der Waals surface area contributed by atoms with Gasteiger partial charge in [0.15, 0.2) is 0 Å². The third-order valence-electron chi connectivity index (χ3n) is 2.17. The molecule has 0 heterocycles. The molecule has 0 rings (SSSR count). The molecule has 0 aliphatic carbocycles. The minimum atomic E-state index is -0.775. The van der Waals surface area contributed by atoms with Crippen LogP contribution >= 0.6 is 0 Å². The molecule has 1 atom stereocenters. The summed E-state index contributed by atoms with van der Waals surface area (Å²) in [6.07, 6.45) is 1.87. The minimum absolute atomic E-state index is 0.457. The van der Waals surface area contributed by atoms with E-state index >= 15 is 0 Å². The van der Waals surface area contributed by atoms with Crippen LogP contribution in [0.15, 0.2) is 0 Å². The number of nitrogens with two attached hydrogens (primary N) is 1. The van der Waals surface area contributed by atoms with E-state index in [-0.39, 0.29) is 0 Å². The van der Waals surface area contributed by atoms with E-state index in [2.05, 4.69) is 6.92 Å². The molecule has 0 aromatic carbocycles. The molecule has 0 aromatic rings. The fraction of sp³-hybridized carbons (Fsp3) is 1.00. The zero-order valence-corrected chi connectivity index (χ0v) is 7.44. The molecular formula is C8H19NO. The molecule has 0 fully saturated rings. The first-order chi connectivity index (χ1) is 4.31. The van der Waals surface area contributed by atoms with Crippen molar-refractivity contribution in [3.05, 3.63) is 0 Å². The predicted octanol–water partition coefficient (Wildman–Crippen LogP) is 1.27. The first-order valence-electron chi connectivity index (χ1n) is 3.82. The summed E-state index contributed by atoms with van der Waals surface area (Å²) in [6, 6.07) is 0. The molecule has 0 aliphatic rings. The molecule has 0 spiro atoms. The topological polar surface area (TPSA) is 46.2 Å². The lowest BCUT2D eigenvalue weighted by atomic mass is 9.81. The van der Waals surface area contributed by atoms with Crippen molar-refractivity contribution in [2.45, 2.75) is 51.7 Å². The summed E-state index contributed by atoms with van der Waals surface area (Å²) in [5.41, 5.74) is 4.62. The van der Waals surface area contributed by atoms with Crippen LogP contribution in [0.4, 0.5) is 0 Å². The average molecular weight is 145 g/mol. The number of rotatable bonds is 3. The lowest BCUT2D eigenvalue weighted by molar-refractivity contribution is 0.00163. The highest BCUT2D eigenvalue weighted by molar-refractivity contribution is 4.93. The summed E-state index contributed by atoms with van der Waals surface area (Å²) in [5, 5.41) is 9.55. The van der Waals surface area contributed by atoms with Crippen molar-refractivity contribution in [2.75, 3.05) is 0 Å². The van der Waals surface area contributed by atoms with Gasteiger partial charge in [0.05, 0.1) is 5.60 Å². The molecule has 10 heavy (non-hydrogen) atoms. The van der Waals surface area contributed by atoms with Gasteiger partial charge in [-0.1, -0.05) is 13.3 Å². The van der Waals surface area contributed by atoms with E-state index in [1.54, 1.807) is 13.8 Å². The largest absolute Gasteiger partial charge is 0.389 e. The Balaban J connectivity index is 4.10. The molecule has 62 valence electrons. The van der Waals surface area contributed by atoms with Crippen molar-refractivity contribution < 1.29 is 5.11 Å². The standard InChI is InChI=1S/C8H19NO/c1-5-6-8(4,9)7(2,3)10/h10H,5-6,9H2,1-4H3. The molecule has 3 N–H and O–H groups in total. The number of hydrogen-bond acceptors (Lipinski definition) is 2. The Morgan fingerprint density at radius 1 is 1.30 bits per heavy atom. The van der Waals surface area contributed by atoms with Crippen LogP contribution in [0.2, 0.25) is 0 Å². The molecule has 0 radical (unpaired) electrons. The Kier molecular flexibility index (Phi) is 2.86. The zero-order chi connectivity index (χ0) is 8.41. The fourth-order valence-electron chi connectivity index (χ4n) is 0.825. The maximum atomic E-state index is 9.55. The van der Waals surface area contributed by atoms with E-state index in [4.69, 9.17) is 5.73 Å². The summed E-state index contributed by atoms with van der Waals surface area (Å²) in [5.74, 6) is 0. The molecule has 0 saturated heterocycles. The lowest BCUT2D eigenvalue weighted by Gasteiger charge is -2.36. The molecular weight excluding hydrogens is 126 g/mol. The summed E-state index contributed by atoms with van der Waals surface area (Å²) in [7, 11) is 0. The number of hydrogen-bond donors (Lipinski definition) is 2. The molecule has 0 aliphatic heterocycles. The lowest BCUT2D eigenvalue weighted by Crippen LogP contribution is -2.54. The van der Waals surface area contributed by atoms with E-state index in [1.807, 2.05) is 6.92 Å². The number of aliphatic hydroxyl groups is 1. The van der Waals surface area contributed by atoms with Gasteiger partial charge in [0.2, 0.25) is 0 Å². The molecule has 2 nitrogen and oxygen atoms in total. The van der Waals surface area contributed by atoms with Crippen molar-refractivity contribution in [3.8, 4) is 0 Å². The maximum absolute atomic E-state index is 9.55. The van der Waals surface area contributed by atoms with Crippen LogP contribution in [0.1, 0.15) is 40.5 Å². The minimum Gasteiger partial charge on any atom is -0.389 e. The van der Waals surface area contributed by atoms with Crippen molar-refractivity contribution in [1.29, 1.82) is 0 Å². The molecule has 0 amide bonds. The second-order valence-electron chi connectivity index (χ2n) is 3.73. The van der Waals surface area contributed by atoms with Gasteiger partial charge in [-0.3, -0.25) is 0 Å². The highest BCUT2D eigenvalue weighted by Crippen LogP contribution is 2.22. The Hall–Kier alpha value is -0.0800. The van der Waals surface area contributed by atoms with E-state index in [1.165, 1.54) is 0 Å². The van der Waals surface area contributed by atoms with E-state index < -0.39 is 11.1 Å². The summed E-state index contributed by atoms with van der Waals surface area (Å²) < 4.78 is 0. The average Bonchev–Trinajstić information content (AvgIpc) is 1.61. The van der Waals surface area contributed by atoms with Gasteiger partial charge in [0.1, 0.15) is 0 Å². The molecule has 1 unspecified atom stereocenters. The van der Waals surface area contributed by atoms with Crippen LogP contribution in [0.25, 0.3) is 0 Å². The molecule has 0 saturated carbocycles. The fourth-order valence-corrected chi connectivity index (χ4v) is 0.825. The van der Waals surface area contributed by atoms with Crippen molar-refractivity contribution in [3.63, 3.8) is 0 Å². The van der Waals surface area contributed by atoms with Crippen LogP contribution in [-0.2, 0) is 0 Å². The van der Waals surface area contributed by atoms with E-state index in [0.717, 1.165) is 12.8 Å². The Bertz CT molecular complexity index is 102. The molecule has 0 aromatic heterocycles. The van der Waals surface area contributed by atoms with Crippen molar-refractivity contribution in [2.24, 2.45) is 5.73 Å². The quantitative estimate of drug-likeness (QED) is 0.628. The molecule has 2 heteroatoms. The Morgan fingerprint density at radius 3 is 1.80 bits per heavy atom. The van der Waals surface area contributed by atoms with Gasteiger partial charge < -0.3 is 10.8 Å². The third kappa shape index (κ3) is 2.27. The Labute approximate surface area is 63.4 Å². The van der Waals surface area contributed by atoms with Gasteiger partial charge in [-0.2, -0.15) is 0 Å². The summed E-state index contributed by atoms with van der Waals surface area (Å²) >= 11 is 0. The Morgan fingerprint density at radius 2 is 1.70 bits per heavy atom.